The Morgan fingerprint density at radius 3 is 2.23 bits per heavy atom. The Morgan fingerprint density at radius 2 is 1.63 bits per heavy atom. The van der Waals surface area contributed by atoms with Crippen molar-refractivity contribution in [2.45, 2.75) is 25.2 Å². The minimum atomic E-state index is -3.50. The Bertz CT molecular complexity index is 882. The summed E-state index contributed by atoms with van der Waals surface area (Å²) in [6, 6.07) is 15.9. The van der Waals surface area contributed by atoms with Crippen LogP contribution in [0.25, 0.3) is 0 Å². The zero-order valence-corrected chi connectivity index (χ0v) is 18.7. The largest absolute Gasteiger partial charge is 0.494 e. The van der Waals surface area contributed by atoms with E-state index in [-0.39, 0.29) is 17.3 Å². The minimum absolute atomic E-state index is 0.152. The molecule has 30 heavy (non-hydrogen) atoms. The molecular weight excluding hydrogens is 402 g/mol. The summed E-state index contributed by atoms with van der Waals surface area (Å²) in [6.45, 7) is 5.99. The van der Waals surface area contributed by atoms with Crippen molar-refractivity contribution in [3.05, 3.63) is 54.6 Å². The highest BCUT2D eigenvalue weighted by atomic mass is 32.2. The summed E-state index contributed by atoms with van der Waals surface area (Å²) >= 11 is 0. The van der Waals surface area contributed by atoms with Crippen molar-refractivity contribution in [1.29, 1.82) is 0 Å². The second-order valence-corrected chi connectivity index (χ2v) is 8.85. The first-order valence-corrected chi connectivity index (χ1v) is 11.6. The van der Waals surface area contributed by atoms with Gasteiger partial charge in [0, 0.05) is 25.3 Å². The van der Waals surface area contributed by atoms with Gasteiger partial charge in [0.2, 0.25) is 15.9 Å². The van der Waals surface area contributed by atoms with Gasteiger partial charge in [-0.05, 0) is 49.9 Å². The molecule has 0 spiro atoms. The number of carbonyl (C=O) groups excluding carboxylic acids is 1. The van der Waals surface area contributed by atoms with Crippen LogP contribution in [0.5, 0.6) is 5.75 Å². The van der Waals surface area contributed by atoms with E-state index in [4.69, 9.17) is 4.74 Å². The van der Waals surface area contributed by atoms with Crippen molar-refractivity contribution in [3.8, 4) is 5.75 Å². The summed E-state index contributed by atoms with van der Waals surface area (Å²) in [5.74, 6) is 0.685. The number of sulfonamides is 1. The van der Waals surface area contributed by atoms with E-state index in [9.17, 15) is 13.2 Å². The van der Waals surface area contributed by atoms with E-state index in [1.54, 1.807) is 26.0 Å². The van der Waals surface area contributed by atoms with E-state index >= 15 is 0 Å². The number of benzene rings is 2. The summed E-state index contributed by atoms with van der Waals surface area (Å²) in [6.07, 6.45) is 0.802. The Kier molecular flexibility index (Phi) is 9.29. The van der Waals surface area contributed by atoms with Crippen LogP contribution in [0.2, 0.25) is 0 Å². The van der Waals surface area contributed by atoms with Crippen LogP contribution < -0.4 is 10.1 Å². The lowest BCUT2D eigenvalue weighted by Gasteiger charge is -2.19. The van der Waals surface area contributed by atoms with Crippen molar-refractivity contribution in [3.63, 3.8) is 0 Å². The first-order chi connectivity index (χ1) is 14.4. The third-order valence-corrected chi connectivity index (χ3v) is 6.66. The normalized spacial score (nSPS) is 11.6. The topological polar surface area (TPSA) is 79.0 Å². The molecule has 0 atom stereocenters. The summed E-state index contributed by atoms with van der Waals surface area (Å²) in [4.78, 5) is 14.4. The Hall–Kier alpha value is -2.42. The maximum atomic E-state index is 12.5. The summed E-state index contributed by atoms with van der Waals surface area (Å²) in [5.41, 5.74) is 0.569. The molecule has 1 amide bonds. The van der Waals surface area contributed by atoms with Crippen LogP contribution in [-0.2, 0) is 14.8 Å². The molecule has 1 N–H and O–H groups in total. The molecule has 0 aliphatic carbocycles. The predicted molar refractivity (Wildman–Crippen MR) is 119 cm³/mol. The van der Waals surface area contributed by atoms with Gasteiger partial charge in [0.05, 0.1) is 18.0 Å². The van der Waals surface area contributed by atoms with Gasteiger partial charge in [-0.3, -0.25) is 9.69 Å². The van der Waals surface area contributed by atoms with Gasteiger partial charge in [-0.2, -0.15) is 4.31 Å². The molecule has 0 bridgehead atoms. The fraction of sp³-hybridized carbons (Fsp3) is 0.409. The molecule has 2 aromatic rings. The van der Waals surface area contributed by atoms with Gasteiger partial charge in [-0.15, -0.1) is 0 Å². The number of anilines is 1. The van der Waals surface area contributed by atoms with Crippen LogP contribution in [0.1, 0.15) is 20.3 Å². The fourth-order valence-electron chi connectivity index (χ4n) is 2.99. The number of rotatable bonds is 12. The molecule has 0 aliphatic heterocycles. The van der Waals surface area contributed by atoms with Gasteiger partial charge in [0.1, 0.15) is 5.75 Å². The SMILES string of the molecule is CCN(CC)S(=O)(=O)c1ccc(NC(=O)CN(C)CCCOc2ccccc2)cc1. The third-order valence-electron chi connectivity index (χ3n) is 4.59. The second-order valence-electron chi connectivity index (χ2n) is 6.91. The van der Waals surface area contributed by atoms with Gasteiger partial charge in [0.15, 0.2) is 0 Å². The quantitative estimate of drug-likeness (QED) is 0.521. The van der Waals surface area contributed by atoms with E-state index in [1.165, 1.54) is 16.4 Å². The molecule has 0 saturated carbocycles. The van der Waals surface area contributed by atoms with Gasteiger partial charge in [-0.1, -0.05) is 32.0 Å². The number of hydrogen-bond acceptors (Lipinski definition) is 5. The standard InChI is InChI=1S/C22H31N3O4S/c1-4-25(5-2)30(27,28)21-14-12-19(13-15-21)23-22(26)18-24(3)16-9-17-29-20-10-7-6-8-11-20/h6-8,10-15H,4-5,9,16-18H2,1-3H3,(H,23,26). The number of nitrogens with zero attached hydrogens (tertiary/aromatic N) is 2. The molecule has 2 aromatic carbocycles. The van der Waals surface area contributed by atoms with Gasteiger partial charge >= 0.3 is 0 Å². The number of para-hydroxylation sites is 1. The molecule has 0 fully saturated rings. The van der Waals surface area contributed by atoms with Crippen molar-refractivity contribution in [2.75, 3.05) is 45.2 Å². The molecular formula is C22H31N3O4S. The lowest BCUT2D eigenvalue weighted by Crippen LogP contribution is -2.31. The maximum Gasteiger partial charge on any atom is 0.243 e. The van der Waals surface area contributed by atoms with Crippen LogP contribution >= 0.6 is 0 Å². The van der Waals surface area contributed by atoms with Crippen molar-refractivity contribution in [1.82, 2.24) is 9.21 Å². The smallest absolute Gasteiger partial charge is 0.243 e. The van der Waals surface area contributed by atoms with Crippen LogP contribution in [0, 0.1) is 0 Å². The fourth-order valence-corrected chi connectivity index (χ4v) is 4.45. The van der Waals surface area contributed by atoms with Gasteiger partial charge in [0.25, 0.3) is 0 Å². The number of ether oxygens (including phenoxy) is 1. The summed E-state index contributed by atoms with van der Waals surface area (Å²) in [5, 5.41) is 2.80. The van der Waals surface area contributed by atoms with Crippen LogP contribution in [0.4, 0.5) is 5.69 Å². The lowest BCUT2D eigenvalue weighted by molar-refractivity contribution is -0.117. The highest BCUT2D eigenvalue weighted by molar-refractivity contribution is 7.89. The zero-order chi connectivity index (χ0) is 22.0. The van der Waals surface area contributed by atoms with Crippen molar-refractivity contribution >= 4 is 21.6 Å². The number of hydrogen-bond donors (Lipinski definition) is 1. The Balaban J connectivity index is 1.77. The lowest BCUT2D eigenvalue weighted by atomic mass is 10.3. The maximum absolute atomic E-state index is 12.5. The Morgan fingerprint density at radius 1 is 1.00 bits per heavy atom. The first-order valence-electron chi connectivity index (χ1n) is 10.1. The average Bonchev–Trinajstić information content (AvgIpc) is 2.73. The van der Waals surface area contributed by atoms with E-state index in [1.807, 2.05) is 42.3 Å². The number of nitrogens with one attached hydrogen (secondary N) is 1. The van der Waals surface area contributed by atoms with Crippen molar-refractivity contribution in [2.24, 2.45) is 0 Å². The van der Waals surface area contributed by atoms with E-state index in [0.717, 1.165) is 18.7 Å². The molecule has 164 valence electrons. The molecule has 0 aliphatic rings. The number of likely N-dealkylation sites (N-methyl/N-ethyl adjacent to an activating group) is 1. The first kappa shape index (κ1) is 23.9. The molecule has 0 unspecified atom stereocenters. The third kappa shape index (κ3) is 7.12. The molecule has 0 radical (unpaired) electrons. The molecule has 0 aromatic heterocycles. The zero-order valence-electron chi connectivity index (χ0n) is 17.9. The average molecular weight is 434 g/mol. The molecule has 0 saturated heterocycles. The molecule has 8 heteroatoms. The van der Waals surface area contributed by atoms with E-state index in [0.29, 0.717) is 25.4 Å². The number of carbonyl (C=O) groups is 1. The second kappa shape index (κ2) is 11.7. The van der Waals surface area contributed by atoms with E-state index < -0.39 is 10.0 Å². The summed E-state index contributed by atoms with van der Waals surface area (Å²) in [7, 11) is -1.62. The summed E-state index contributed by atoms with van der Waals surface area (Å²) < 4.78 is 32.1. The van der Waals surface area contributed by atoms with Gasteiger partial charge in [-0.25, -0.2) is 8.42 Å². The van der Waals surface area contributed by atoms with Crippen LogP contribution in [0.3, 0.4) is 0 Å². The molecule has 0 heterocycles. The van der Waals surface area contributed by atoms with Gasteiger partial charge < -0.3 is 10.1 Å². The number of amides is 1. The monoisotopic (exact) mass is 433 g/mol. The van der Waals surface area contributed by atoms with Crippen LogP contribution in [-0.4, -0.2) is 63.4 Å². The predicted octanol–water partition coefficient (Wildman–Crippen LogP) is 3.06. The minimum Gasteiger partial charge on any atom is -0.494 e. The highest BCUT2D eigenvalue weighted by Crippen LogP contribution is 2.18. The molecule has 2 rings (SSSR count). The molecule has 7 nitrogen and oxygen atoms in total. The highest BCUT2D eigenvalue weighted by Gasteiger charge is 2.21. The van der Waals surface area contributed by atoms with Crippen LogP contribution in [0.15, 0.2) is 59.5 Å². The Labute approximate surface area is 179 Å². The van der Waals surface area contributed by atoms with Crippen molar-refractivity contribution < 1.29 is 17.9 Å². The van der Waals surface area contributed by atoms with E-state index in [2.05, 4.69) is 5.32 Å².